The van der Waals surface area contributed by atoms with Crippen LogP contribution in [0, 0.1) is 5.82 Å². The molecule has 0 aliphatic carbocycles. The van der Waals surface area contributed by atoms with Gasteiger partial charge >= 0.3 is 6.03 Å². The summed E-state index contributed by atoms with van der Waals surface area (Å²) in [5, 5.41) is 5.29. The highest BCUT2D eigenvalue weighted by Gasteiger charge is 2.22. The monoisotopic (exact) mass is 279 g/mol. The average molecular weight is 279 g/mol. The van der Waals surface area contributed by atoms with Crippen molar-refractivity contribution in [1.29, 1.82) is 0 Å². The summed E-state index contributed by atoms with van der Waals surface area (Å²) in [6.07, 6.45) is 1.43. The molecule has 0 aromatic heterocycles. The number of benzene rings is 1. The Hall–Kier alpha value is -2.11. The molecule has 1 saturated heterocycles. The molecule has 0 saturated carbocycles. The van der Waals surface area contributed by atoms with E-state index in [0.29, 0.717) is 25.9 Å². The van der Waals surface area contributed by atoms with Crippen LogP contribution in [0.4, 0.5) is 14.9 Å². The first-order chi connectivity index (χ1) is 9.56. The second-order valence-corrected chi connectivity index (χ2v) is 4.86. The summed E-state index contributed by atoms with van der Waals surface area (Å²) in [5.41, 5.74) is 0.158. The van der Waals surface area contributed by atoms with Crippen LogP contribution >= 0.6 is 0 Å². The van der Waals surface area contributed by atoms with Crippen molar-refractivity contribution in [1.82, 2.24) is 10.2 Å². The smallest absolute Gasteiger partial charge is 0.319 e. The van der Waals surface area contributed by atoms with Gasteiger partial charge in [0.2, 0.25) is 5.91 Å². The number of anilines is 1. The highest BCUT2D eigenvalue weighted by molar-refractivity contribution is 5.89. The van der Waals surface area contributed by atoms with Crippen molar-refractivity contribution in [2.75, 3.05) is 18.4 Å². The molecule has 0 radical (unpaired) electrons. The molecule has 6 heteroatoms. The van der Waals surface area contributed by atoms with Gasteiger partial charge in [-0.25, -0.2) is 9.18 Å². The number of halogens is 1. The van der Waals surface area contributed by atoms with Crippen LogP contribution in [0.5, 0.6) is 0 Å². The Balaban J connectivity index is 1.81. The summed E-state index contributed by atoms with van der Waals surface area (Å²) in [6, 6.07) is 5.61. The van der Waals surface area contributed by atoms with Crippen LogP contribution in [0.25, 0.3) is 0 Å². The van der Waals surface area contributed by atoms with Gasteiger partial charge in [-0.1, -0.05) is 12.1 Å². The Kier molecular flexibility index (Phi) is 4.55. The lowest BCUT2D eigenvalue weighted by molar-refractivity contribution is -0.129. The molecular formula is C14H18FN3O2. The second kappa shape index (κ2) is 6.36. The molecule has 1 aliphatic rings. The molecule has 5 nitrogen and oxygen atoms in total. The fourth-order valence-electron chi connectivity index (χ4n) is 2.25. The highest BCUT2D eigenvalue weighted by atomic mass is 19.1. The van der Waals surface area contributed by atoms with Crippen LogP contribution in [0.3, 0.4) is 0 Å². The molecule has 0 unspecified atom stereocenters. The van der Waals surface area contributed by atoms with Crippen molar-refractivity contribution < 1.29 is 14.0 Å². The highest BCUT2D eigenvalue weighted by Crippen LogP contribution is 2.13. The molecule has 1 aromatic rings. The van der Waals surface area contributed by atoms with Gasteiger partial charge in [-0.05, 0) is 25.0 Å². The first-order valence-electron chi connectivity index (χ1n) is 6.64. The Bertz CT molecular complexity index is 499. The predicted molar refractivity (Wildman–Crippen MR) is 73.8 cm³/mol. The van der Waals surface area contributed by atoms with Crippen LogP contribution in [0.1, 0.15) is 19.8 Å². The predicted octanol–water partition coefficient (Wildman–Crippen LogP) is 1.96. The molecule has 1 aromatic carbocycles. The number of para-hydroxylation sites is 1. The van der Waals surface area contributed by atoms with Gasteiger partial charge in [-0.2, -0.15) is 0 Å². The molecule has 108 valence electrons. The van der Waals surface area contributed by atoms with Crippen LogP contribution in [0.15, 0.2) is 24.3 Å². The van der Waals surface area contributed by atoms with Crippen molar-refractivity contribution in [3.63, 3.8) is 0 Å². The van der Waals surface area contributed by atoms with E-state index >= 15 is 0 Å². The van der Waals surface area contributed by atoms with Gasteiger partial charge in [0.25, 0.3) is 0 Å². The zero-order chi connectivity index (χ0) is 14.5. The summed E-state index contributed by atoms with van der Waals surface area (Å²) < 4.78 is 13.4. The molecule has 0 bridgehead atoms. The van der Waals surface area contributed by atoms with E-state index in [2.05, 4.69) is 10.6 Å². The van der Waals surface area contributed by atoms with Gasteiger partial charge in [0, 0.05) is 26.1 Å². The van der Waals surface area contributed by atoms with Crippen molar-refractivity contribution in [3.05, 3.63) is 30.1 Å². The lowest BCUT2D eigenvalue weighted by atomic mass is 10.1. The number of urea groups is 1. The molecule has 1 fully saturated rings. The van der Waals surface area contributed by atoms with E-state index in [1.54, 1.807) is 24.0 Å². The number of nitrogens with zero attached hydrogens (tertiary/aromatic N) is 1. The van der Waals surface area contributed by atoms with Crippen molar-refractivity contribution >= 4 is 17.6 Å². The van der Waals surface area contributed by atoms with E-state index in [0.717, 1.165) is 0 Å². The number of piperidine rings is 1. The van der Waals surface area contributed by atoms with Gasteiger partial charge < -0.3 is 15.5 Å². The third-order valence-electron chi connectivity index (χ3n) is 3.40. The normalized spacial score (nSPS) is 15.8. The third kappa shape index (κ3) is 3.69. The second-order valence-electron chi connectivity index (χ2n) is 4.86. The molecule has 2 rings (SSSR count). The van der Waals surface area contributed by atoms with E-state index < -0.39 is 11.8 Å². The van der Waals surface area contributed by atoms with Crippen LogP contribution in [0.2, 0.25) is 0 Å². The third-order valence-corrected chi connectivity index (χ3v) is 3.40. The molecule has 1 aliphatic heterocycles. The van der Waals surface area contributed by atoms with E-state index in [4.69, 9.17) is 0 Å². The zero-order valence-corrected chi connectivity index (χ0v) is 11.4. The Labute approximate surface area is 117 Å². The Morgan fingerprint density at radius 2 is 1.90 bits per heavy atom. The Morgan fingerprint density at radius 3 is 2.50 bits per heavy atom. The van der Waals surface area contributed by atoms with Gasteiger partial charge in [-0.15, -0.1) is 0 Å². The van der Waals surface area contributed by atoms with E-state index in [1.807, 2.05) is 0 Å². The SMILES string of the molecule is CC(=O)N1CCC(NC(=O)Nc2ccccc2F)CC1. The van der Waals surface area contributed by atoms with E-state index in [-0.39, 0.29) is 17.6 Å². The van der Waals surface area contributed by atoms with Crippen LogP contribution in [-0.4, -0.2) is 36.0 Å². The molecule has 0 atom stereocenters. The van der Waals surface area contributed by atoms with Crippen molar-refractivity contribution in [2.45, 2.75) is 25.8 Å². The maximum Gasteiger partial charge on any atom is 0.319 e. The lowest BCUT2D eigenvalue weighted by Gasteiger charge is -2.31. The molecule has 0 spiro atoms. The maximum absolute atomic E-state index is 13.4. The standard InChI is InChI=1S/C14H18FN3O2/c1-10(19)18-8-6-11(7-9-18)16-14(20)17-13-5-3-2-4-12(13)15/h2-5,11H,6-9H2,1H3,(H2,16,17,20). The lowest BCUT2D eigenvalue weighted by Crippen LogP contribution is -2.47. The Morgan fingerprint density at radius 1 is 1.25 bits per heavy atom. The molecular weight excluding hydrogens is 261 g/mol. The number of carbonyl (C=O) groups is 2. The molecule has 1 heterocycles. The summed E-state index contributed by atoms with van der Waals surface area (Å²) >= 11 is 0. The number of carbonyl (C=O) groups excluding carboxylic acids is 2. The average Bonchev–Trinajstić information content (AvgIpc) is 2.42. The number of amides is 3. The minimum Gasteiger partial charge on any atom is -0.343 e. The summed E-state index contributed by atoms with van der Waals surface area (Å²) in [5.74, 6) is -0.409. The van der Waals surface area contributed by atoms with Crippen molar-refractivity contribution in [3.8, 4) is 0 Å². The summed E-state index contributed by atoms with van der Waals surface area (Å²) in [7, 11) is 0. The summed E-state index contributed by atoms with van der Waals surface area (Å²) in [4.78, 5) is 24.7. The van der Waals surface area contributed by atoms with Gasteiger partial charge in [-0.3, -0.25) is 4.79 Å². The topological polar surface area (TPSA) is 61.4 Å². The number of rotatable bonds is 2. The van der Waals surface area contributed by atoms with Gasteiger partial charge in [0.15, 0.2) is 0 Å². The van der Waals surface area contributed by atoms with Crippen LogP contribution in [-0.2, 0) is 4.79 Å². The van der Waals surface area contributed by atoms with Gasteiger partial charge in [0.05, 0.1) is 5.69 Å². The first-order valence-corrected chi connectivity index (χ1v) is 6.64. The first kappa shape index (κ1) is 14.3. The molecule has 20 heavy (non-hydrogen) atoms. The van der Waals surface area contributed by atoms with E-state index in [9.17, 15) is 14.0 Å². The van der Waals surface area contributed by atoms with Crippen LogP contribution < -0.4 is 10.6 Å². The molecule has 2 N–H and O–H groups in total. The minimum atomic E-state index is -0.464. The van der Waals surface area contributed by atoms with Crippen molar-refractivity contribution in [2.24, 2.45) is 0 Å². The summed E-state index contributed by atoms with van der Waals surface area (Å²) in [6.45, 7) is 2.82. The maximum atomic E-state index is 13.4. The number of hydrogen-bond acceptors (Lipinski definition) is 2. The zero-order valence-electron chi connectivity index (χ0n) is 11.4. The number of nitrogens with one attached hydrogen (secondary N) is 2. The minimum absolute atomic E-state index is 0.0115. The quantitative estimate of drug-likeness (QED) is 0.869. The van der Waals surface area contributed by atoms with E-state index in [1.165, 1.54) is 12.1 Å². The van der Waals surface area contributed by atoms with Gasteiger partial charge in [0.1, 0.15) is 5.82 Å². The molecule has 3 amide bonds. The fourth-order valence-corrected chi connectivity index (χ4v) is 2.25. The number of likely N-dealkylation sites (tertiary alicyclic amines) is 1. The largest absolute Gasteiger partial charge is 0.343 e. The fraction of sp³-hybridized carbons (Fsp3) is 0.429. The number of hydrogen-bond donors (Lipinski definition) is 2.